The van der Waals surface area contributed by atoms with Gasteiger partial charge in [-0.1, -0.05) is 41.4 Å². The molecule has 0 heterocycles. The molecule has 0 saturated heterocycles. The molecule has 0 atom stereocenters. The Morgan fingerprint density at radius 1 is 1.06 bits per heavy atom. The summed E-state index contributed by atoms with van der Waals surface area (Å²) < 4.78 is 12.0. The Hall–Kier alpha value is -3.72. The number of anilines is 1. The first kappa shape index (κ1) is 25.9. The lowest BCUT2D eigenvalue weighted by Crippen LogP contribution is -2.13. The number of nitriles is 1. The molecule has 0 radical (unpaired) electrons. The van der Waals surface area contributed by atoms with Crippen LogP contribution in [0.3, 0.4) is 0 Å². The summed E-state index contributed by atoms with van der Waals surface area (Å²) in [5.74, 6) is 0.576. The van der Waals surface area contributed by atoms with Crippen LogP contribution in [0.2, 0.25) is 10.0 Å². The molecule has 0 bridgehead atoms. The maximum Gasteiger partial charge on any atom is 0.266 e. The average molecular weight is 507 g/mol. The first-order valence-electron chi connectivity index (χ1n) is 10.9. The smallest absolute Gasteiger partial charge is 0.266 e. The second-order valence-corrected chi connectivity index (χ2v) is 8.35. The SMILES string of the molecule is C=CCc1cc(/C=C(/C#N)C(=O)Nc2ccc(Cl)cc2)cc(OCC)c1OCc1ccc(Cl)cc1. The molecule has 7 heteroatoms. The summed E-state index contributed by atoms with van der Waals surface area (Å²) in [7, 11) is 0. The van der Waals surface area contributed by atoms with Gasteiger partial charge in [-0.05, 0) is 79.1 Å². The number of nitrogens with one attached hydrogen (secondary N) is 1. The van der Waals surface area contributed by atoms with Gasteiger partial charge in [-0.15, -0.1) is 6.58 Å². The van der Waals surface area contributed by atoms with Crippen LogP contribution in [0, 0.1) is 11.3 Å². The normalized spacial score (nSPS) is 10.9. The molecule has 5 nitrogen and oxygen atoms in total. The topological polar surface area (TPSA) is 71.4 Å². The van der Waals surface area contributed by atoms with E-state index < -0.39 is 5.91 Å². The molecule has 178 valence electrons. The molecule has 0 unspecified atom stereocenters. The highest BCUT2D eigenvalue weighted by Gasteiger charge is 2.15. The number of halogens is 2. The van der Waals surface area contributed by atoms with Crippen LogP contribution < -0.4 is 14.8 Å². The Kier molecular flexibility index (Phi) is 9.37. The largest absolute Gasteiger partial charge is 0.490 e. The second-order valence-electron chi connectivity index (χ2n) is 7.48. The monoisotopic (exact) mass is 506 g/mol. The molecule has 3 rings (SSSR count). The lowest BCUT2D eigenvalue weighted by atomic mass is 10.0. The molecule has 0 fully saturated rings. The van der Waals surface area contributed by atoms with Crippen molar-refractivity contribution < 1.29 is 14.3 Å². The number of nitrogens with zero attached hydrogens (tertiary/aromatic N) is 1. The average Bonchev–Trinajstić information content (AvgIpc) is 2.85. The predicted octanol–water partition coefficient (Wildman–Crippen LogP) is 7.25. The third-order valence-corrected chi connectivity index (χ3v) is 5.40. The summed E-state index contributed by atoms with van der Waals surface area (Å²) in [6.07, 6.45) is 3.78. The number of allylic oxidation sites excluding steroid dienone is 1. The van der Waals surface area contributed by atoms with E-state index in [1.54, 1.807) is 48.5 Å². The lowest BCUT2D eigenvalue weighted by Gasteiger charge is -2.17. The highest BCUT2D eigenvalue weighted by atomic mass is 35.5. The van der Waals surface area contributed by atoms with E-state index >= 15 is 0 Å². The lowest BCUT2D eigenvalue weighted by molar-refractivity contribution is -0.112. The first-order valence-corrected chi connectivity index (χ1v) is 11.7. The molecular weight excluding hydrogens is 483 g/mol. The van der Waals surface area contributed by atoms with Crippen LogP contribution in [0.25, 0.3) is 6.08 Å². The van der Waals surface area contributed by atoms with Gasteiger partial charge in [-0.3, -0.25) is 4.79 Å². The molecule has 35 heavy (non-hydrogen) atoms. The van der Waals surface area contributed by atoms with E-state index in [0.717, 1.165) is 11.1 Å². The second kappa shape index (κ2) is 12.7. The van der Waals surface area contributed by atoms with Gasteiger partial charge in [0.1, 0.15) is 18.2 Å². The van der Waals surface area contributed by atoms with Crippen LogP contribution in [0.1, 0.15) is 23.6 Å². The minimum atomic E-state index is -0.527. The van der Waals surface area contributed by atoms with Gasteiger partial charge in [0, 0.05) is 21.3 Å². The van der Waals surface area contributed by atoms with Crippen LogP contribution in [0.5, 0.6) is 11.5 Å². The summed E-state index contributed by atoms with van der Waals surface area (Å²) in [4.78, 5) is 12.7. The summed E-state index contributed by atoms with van der Waals surface area (Å²) in [5.41, 5.74) is 2.89. The van der Waals surface area contributed by atoms with E-state index in [2.05, 4.69) is 11.9 Å². The first-order chi connectivity index (χ1) is 16.9. The Labute approximate surface area is 215 Å². The summed E-state index contributed by atoms with van der Waals surface area (Å²) in [5, 5.41) is 13.5. The maximum atomic E-state index is 12.7. The quantitative estimate of drug-likeness (QED) is 0.178. The van der Waals surface area contributed by atoms with Crippen molar-refractivity contribution in [2.45, 2.75) is 20.0 Å². The zero-order valence-electron chi connectivity index (χ0n) is 19.2. The van der Waals surface area contributed by atoms with Crippen molar-refractivity contribution in [1.82, 2.24) is 0 Å². The molecule has 3 aromatic carbocycles. The van der Waals surface area contributed by atoms with E-state index in [4.69, 9.17) is 32.7 Å². The molecule has 3 aromatic rings. The summed E-state index contributed by atoms with van der Waals surface area (Å²) in [6.45, 7) is 6.45. The van der Waals surface area contributed by atoms with Crippen molar-refractivity contribution in [3.8, 4) is 17.6 Å². The van der Waals surface area contributed by atoms with Crippen molar-refractivity contribution in [2.75, 3.05) is 11.9 Å². The molecular formula is C28H24Cl2N2O3. The molecule has 0 saturated carbocycles. The van der Waals surface area contributed by atoms with Crippen LogP contribution >= 0.6 is 23.2 Å². The van der Waals surface area contributed by atoms with Gasteiger partial charge in [0.05, 0.1) is 6.61 Å². The zero-order chi connectivity index (χ0) is 25.2. The molecule has 0 aliphatic rings. The molecule has 0 aliphatic carbocycles. The van der Waals surface area contributed by atoms with E-state index in [9.17, 15) is 10.1 Å². The van der Waals surface area contributed by atoms with Crippen molar-refractivity contribution >= 4 is 40.9 Å². The zero-order valence-corrected chi connectivity index (χ0v) is 20.7. The van der Waals surface area contributed by atoms with E-state index in [-0.39, 0.29) is 5.57 Å². The van der Waals surface area contributed by atoms with Crippen molar-refractivity contribution in [3.05, 3.63) is 106 Å². The molecule has 0 aromatic heterocycles. The van der Waals surface area contributed by atoms with Gasteiger partial charge in [0.2, 0.25) is 0 Å². The highest BCUT2D eigenvalue weighted by Crippen LogP contribution is 2.35. The van der Waals surface area contributed by atoms with E-state index in [1.807, 2.05) is 31.2 Å². The van der Waals surface area contributed by atoms with Crippen LogP contribution in [-0.2, 0) is 17.8 Å². The van der Waals surface area contributed by atoms with Crippen LogP contribution in [0.4, 0.5) is 5.69 Å². The predicted molar refractivity (Wildman–Crippen MR) is 141 cm³/mol. The third kappa shape index (κ3) is 7.38. The molecule has 0 aliphatic heterocycles. The molecule has 1 N–H and O–H groups in total. The van der Waals surface area contributed by atoms with Gasteiger partial charge >= 0.3 is 0 Å². The number of carbonyl (C=O) groups is 1. The van der Waals surface area contributed by atoms with Crippen molar-refractivity contribution in [2.24, 2.45) is 0 Å². The molecule has 1 amide bonds. The summed E-state index contributed by atoms with van der Waals surface area (Å²) >= 11 is 11.9. The number of benzene rings is 3. The minimum Gasteiger partial charge on any atom is -0.490 e. The Bertz CT molecular complexity index is 1260. The van der Waals surface area contributed by atoms with Crippen molar-refractivity contribution in [1.29, 1.82) is 5.26 Å². The highest BCUT2D eigenvalue weighted by molar-refractivity contribution is 6.30. The number of ether oxygens (including phenoxy) is 2. The fraction of sp³-hybridized carbons (Fsp3) is 0.143. The van der Waals surface area contributed by atoms with Gasteiger partial charge in [-0.25, -0.2) is 0 Å². The molecule has 0 spiro atoms. The van der Waals surface area contributed by atoms with E-state index in [0.29, 0.717) is 52.4 Å². The van der Waals surface area contributed by atoms with Gasteiger partial charge in [0.15, 0.2) is 11.5 Å². The number of hydrogen-bond acceptors (Lipinski definition) is 4. The van der Waals surface area contributed by atoms with Crippen LogP contribution in [-0.4, -0.2) is 12.5 Å². The number of rotatable bonds is 10. The Morgan fingerprint density at radius 3 is 2.31 bits per heavy atom. The van der Waals surface area contributed by atoms with Crippen LogP contribution in [0.15, 0.2) is 78.9 Å². The maximum absolute atomic E-state index is 12.7. The van der Waals surface area contributed by atoms with Gasteiger partial charge < -0.3 is 14.8 Å². The third-order valence-electron chi connectivity index (χ3n) is 4.89. The number of carbonyl (C=O) groups excluding carboxylic acids is 1. The Balaban J connectivity index is 1.91. The number of hydrogen-bond donors (Lipinski definition) is 1. The Morgan fingerprint density at radius 2 is 1.71 bits per heavy atom. The van der Waals surface area contributed by atoms with E-state index in [1.165, 1.54) is 6.08 Å². The fourth-order valence-electron chi connectivity index (χ4n) is 3.28. The summed E-state index contributed by atoms with van der Waals surface area (Å²) in [6, 6.07) is 19.6. The fourth-order valence-corrected chi connectivity index (χ4v) is 3.54. The number of amides is 1. The standard InChI is InChI=1S/C28H24Cl2N2O3/c1-3-5-21-14-20(15-22(17-31)28(33)32-25-12-10-24(30)11-13-25)16-26(34-4-2)27(21)35-18-19-6-8-23(29)9-7-19/h3,6-16H,1,4-5,18H2,2H3,(H,32,33)/b22-15-. The minimum absolute atomic E-state index is 0.0539. The van der Waals surface area contributed by atoms with Gasteiger partial charge in [-0.2, -0.15) is 5.26 Å². The van der Waals surface area contributed by atoms with Crippen molar-refractivity contribution in [3.63, 3.8) is 0 Å². The van der Waals surface area contributed by atoms with Gasteiger partial charge in [0.25, 0.3) is 5.91 Å².